The van der Waals surface area contributed by atoms with Crippen LogP contribution in [-0.4, -0.2) is 16.5 Å². The van der Waals surface area contributed by atoms with Gasteiger partial charge in [0.2, 0.25) is 0 Å². The van der Waals surface area contributed by atoms with Gasteiger partial charge >= 0.3 is 0 Å². The van der Waals surface area contributed by atoms with Gasteiger partial charge in [0.15, 0.2) is 0 Å². The first-order chi connectivity index (χ1) is 10.2. The Kier molecular flexibility index (Phi) is 6.18. The quantitative estimate of drug-likeness (QED) is 0.686. The Labute approximate surface area is 151 Å². The molecule has 2 aromatic carbocycles. The second-order valence-corrected chi connectivity index (χ2v) is 6.07. The SMILES string of the molecule is Br.Clc1cccc(CN2C=CN(Cc3cccc(Cl)c3)C2)c1. The lowest BCUT2D eigenvalue weighted by Gasteiger charge is -2.21. The van der Waals surface area contributed by atoms with Crippen molar-refractivity contribution in [2.75, 3.05) is 6.67 Å². The molecule has 116 valence electrons. The maximum Gasteiger partial charge on any atom is 0.0900 e. The molecule has 2 aromatic rings. The fraction of sp³-hybridized carbons (Fsp3) is 0.176. The van der Waals surface area contributed by atoms with Gasteiger partial charge < -0.3 is 9.80 Å². The van der Waals surface area contributed by atoms with Crippen LogP contribution in [0.3, 0.4) is 0 Å². The molecule has 2 nitrogen and oxygen atoms in total. The summed E-state index contributed by atoms with van der Waals surface area (Å²) in [6.07, 6.45) is 4.23. The van der Waals surface area contributed by atoms with E-state index >= 15 is 0 Å². The molecule has 1 aliphatic heterocycles. The van der Waals surface area contributed by atoms with Crippen molar-refractivity contribution in [3.63, 3.8) is 0 Å². The summed E-state index contributed by atoms with van der Waals surface area (Å²) in [7, 11) is 0. The van der Waals surface area contributed by atoms with Crippen molar-refractivity contribution in [2.24, 2.45) is 0 Å². The summed E-state index contributed by atoms with van der Waals surface area (Å²) in [6.45, 7) is 2.60. The zero-order chi connectivity index (χ0) is 14.7. The minimum Gasteiger partial charge on any atom is -0.354 e. The van der Waals surface area contributed by atoms with Crippen LogP contribution in [0.4, 0.5) is 0 Å². The highest BCUT2D eigenvalue weighted by molar-refractivity contribution is 8.93. The second-order valence-electron chi connectivity index (χ2n) is 5.19. The number of hydrogen-bond acceptors (Lipinski definition) is 2. The van der Waals surface area contributed by atoms with Crippen LogP contribution in [0.1, 0.15) is 11.1 Å². The van der Waals surface area contributed by atoms with Gasteiger partial charge in [-0.3, -0.25) is 0 Å². The molecule has 5 heteroatoms. The predicted molar refractivity (Wildman–Crippen MR) is 98.3 cm³/mol. The first-order valence-corrected chi connectivity index (χ1v) is 7.60. The summed E-state index contributed by atoms with van der Waals surface area (Å²) in [5, 5.41) is 1.57. The Hall–Kier alpha value is -1.16. The first-order valence-electron chi connectivity index (χ1n) is 6.84. The van der Waals surface area contributed by atoms with Crippen LogP contribution >= 0.6 is 40.2 Å². The molecule has 22 heavy (non-hydrogen) atoms. The number of rotatable bonds is 4. The van der Waals surface area contributed by atoms with E-state index in [2.05, 4.69) is 34.3 Å². The van der Waals surface area contributed by atoms with E-state index in [0.29, 0.717) is 0 Å². The van der Waals surface area contributed by atoms with Crippen LogP contribution in [0.15, 0.2) is 60.9 Å². The van der Waals surface area contributed by atoms with Crippen molar-refractivity contribution < 1.29 is 0 Å². The summed E-state index contributed by atoms with van der Waals surface area (Å²) >= 11 is 12.0. The predicted octanol–water partition coefficient (Wildman–Crippen LogP) is 5.32. The van der Waals surface area contributed by atoms with E-state index in [9.17, 15) is 0 Å². The van der Waals surface area contributed by atoms with Crippen LogP contribution in [0.25, 0.3) is 0 Å². The van der Waals surface area contributed by atoms with Gasteiger partial charge in [-0.15, -0.1) is 17.0 Å². The van der Waals surface area contributed by atoms with Gasteiger partial charge in [0.25, 0.3) is 0 Å². The molecule has 0 saturated heterocycles. The molecule has 0 radical (unpaired) electrons. The van der Waals surface area contributed by atoms with Crippen molar-refractivity contribution in [3.8, 4) is 0 Å². The van der Waals surface area contributed by atoms with Gasteiger partial charge in [0.05, 0.1) is 6.67 Å². The van der Waals surface area contributed by atoms with Gasteiger partial charge in [-0.25, -0.2) is 0 Å². The van der Waals surface area contributed by atoms with Gasteiger partial charge in [-0.2, -0.15) is 0 Å². The van der Waals surface area contributed by atoms with Crippen LogP contribution < -0.4 is 0 Å². The van der Waals surface area contributed by atoms with Crippen molar-refractivity contribution in [1.29, 1.82) is 0 Å². The maximum atomic E-state index is 6.02. The van der Waals surface area contributed by atoms with E-state index in [1.54, 1.807) is 0 Å². The smallest absolute Gasteiger partial charge is 0.0900 e. The normalized spacial score (nSPS) is 13.4. The van der Waals surface area contributed by atoms with E-state index in [4.69, 9.17) is 23.2 Å². The summed E-state index contributed by atoms with van der Waals surface area (Å²) in [4.78, 5) is 4.52. The molecule has 0 fully saturated rings. The molecule has 0 atom stereocenters. The number of nitrogens with zero attached hydrogens (tertiary/aromatic N) is 2. The molecule has 1 heterocycles. The summed E-state index contributed by atoms with van der Waals surface area (Å²) < 4.78 is 0. The van der Waals surface area contributed by atoms with Crippen LogP contribution in [0.2, 0.25) is 10.0 Å². The monoisotopic (exact) mass is 398 g/mol. The fourth-order valence-corrected chi connectivity index (χ4v) is 2.89. The van der Waals surface area contributed by atoms with E-state index in [1.807, 2.05) is 36.4 Å². The van der Waals surface area contributed by atoms with Gasteiger partial charge in [-0.05, 0) is 35.4 Å². The minimum absolute atomic E-state index is 0. The van der Waals surface area contributed by atoms with E-state index in [1.165, 1.54) is 11.1 Å². The molecule has 0 spiro atoms. The maximum absolute atomic E-state index is 6.02. The number of benzene rings is 2. The lowest BCUT2D eigenvalue weighted by Crippen LogP contribution is -2.24. The zero-order valence-corrected chi connectivity index (χ0v) is 15.2. The van der Waals surface area contributed by atoms with Crippen LogP contribution in [0.5, 0.6) is 0 Å². The Morgan fingerprint density at radius 1 is 0.773 bits per heavy atom. The van der Waals surface area contributed by atoms with Crippen LogP contribution in [-0.2, 0) is 13.1 Å². The summed E-state index contributed by atoms with van der Waals surface area (Å²) in [5.74, 6) is 0. The molecule has 0 unspecified atom stereocenters. The van der Waals surface area contributed by atoms with Crippen molar-refractivity contribution >= 4 is 40.2 Å². The average molecular weight is 400 g/mol. The summed E-state index contributed by atoms with van der Waals surface area (Å²) in [5.41, 5.74) is 2.44. The number of hydrogen-bond donors (Lipinski definition) is 0. The van der Waals surface area contributed by atoms with E-state index in [-0.39, 0.29) is 17.0 Å². The van der Waals surface area contributed by atoms with E-state index in [0.717, 1.165) is 29.8 Å². The van der Waals surface area contributed by atoms with Gasteiger partial charge in [0, 0.05) is 35.5 Å². The molecule has 0 aliphatic carbocycles. The largest absolute Gasteiger partial charge is 0.354 e. The van der Waals surface area contributed by atoms with Crippen molar-refractivity contribution in [1.82, 2.24) is 9.80 Å². The van der Waals surface area contributed by atoms with Gasteiger partial charge in [0.1, 0.15) is 0 Å². The topological polar surface area (TPSA) is 6.48 Å². The highest BCUT2D eigenvalue weighted by atomic mass is 79.9. The lowest BCUT2D eigenvalue weighted by atomic mass is 10.2. The third-order valence-electron chi connectivity index (χ3n) is 3.40. The Morgan fingerprint density at radius 2 is 1.23 bits per heavy atom. The third-order valence-corrected chi connectivity index (χ3v) is 3.87. The molecule has 0 saturated carbocycles. The highest BCUT2D eigenvalue weighted by Gasteiger charge is 2.13. The first kappa shape index (κ1) is 17.2. The fourth-order valence-electron chi connectivity index (χ4n) is 2.46. The molecule has 1 aliphatic rings. The Bertz CT molecular complexity index is 605. The minimum atomic E-state index is 0. The van der Waals surface area contributed by atoms with Crippen LogP contribution in [0, 0.1) is 0 Å². The molecule has 0 N–H and O–H groups in total. The Balaban J connectivity index is 0.00000176. The highest BCUT2D eigenvalue weighted by Crippen LogP contribution is 2.18. The zero-order valence-electron chi connectivity index (χ0n) is 12.0. The second kappa shape index (κ2) is 7.91. The molecule has 0 amide bonds. The van der Waals surface area contributed by atoms with Crippen molar-refractivity contribution in [3.05, 3.63) is 82.1 Å². The molecule has 3 rings (SSSR count). The standard InChI is InChI=1S/C17H16Cl2N2.BrH/c18-16-5-1-3-14(9-16)11-20-7-8-21(13-20)12-15-4-2-6-17(19)10-15;/h1-10H,11-13H2;1H. The van der Waals surface area contributed by atoms with Crippen molar-refractivity contribution in [2.45, 2.75) is 13.1 Å². The molecular weight excluding hydrogens is 383 g/mol. The van der Waals surface area contributed by atoms with E-state index < -0.39 is 0 Å². The third kappa shape index (κ3) is 4.67. The Morgan fingerprint density at radius 3 is 1.64 bits per heavy atom. The molecule has 0 aromatic heterocycles. The van der Waals surface area contributed by atoms with Gasteiger partial charge in [-0.1, -0.05) is 47.5 Å². The average Bonchev–Trinajstić information content (AvgIpc) is 2.86. The lowest BCUT2D eigenvalue weighted by molar-refractivity contribution is 0.255. The molecule has 0 bridgehead atoms. The number of halogens is 3. The summed E-state index contributed by atoms with van der Waals surface area (Å²) in [6, 6.07) is 16.0. The molecular formula is C17H17BrCl2N2.